The Kier molecular flexibility index (Phi) is 4.50. The van der Waals surface area contributed by atoms with Crippen LogP contribution in [0.3, 0.4) is 0 Å². The number of carboxylic acid groups (broad SMARTS) is 1. The van der Waals surface area contributed by atoms with Crippen LogP contribution in [-0.2, 0) is 4.79 Å². The van der Waals surface area contributed by atoms with Gasteiger partial charge in [0.05, 0.1) is 5.97 Å². The van der Waals surface area contributed by atoms with Gasteiger partial charge in [-0.3, -0.25) is 4.79 Å². The molecule has 0 amide bonds. The lowest BCUT2D eigenvalue weighted by Crippen LogP contribution is -2.35. The van der Waals surface area contributed by atoms with Gasteiger partial charge in [0.1, 0.15) is 0 Å². The molecule has 0 bridgehead atoms. The molecule has 0 unspecified atom stereocenters. The summed E-state index contributed by atoms with van der Waals surface area (Å²) in [6.45, 7) is 0.129. The van der Waals surface area contributed by atoms with Crippen LogP contribution in [-0.4, -0.2) is 24.8 Å². The molecule has 0 saturated carbocycles. The quantitative estimate of drug-likeness (QED) is 0.508. The Morgan fingerprint density at radius 3 is 2.47 bits per heavy atom. The van der Waals surface area contributed by atoms with Gasteiger partial charge in [-0.05, 0) is 0 Å². The van der Waals surface area contributed by atoms with Gasteiger partial charge in [-0.25, -0.2) is 0 Å². The molecular weight excluding hydrogens is 194 g/mol. The van der Waals surface area contributed by atoms with E-state index < -0.39 is 5.97 Å². The molecule has 4 nitrogen and oxygen atoms in total. The normalized spacial score (nSPS) is 9.87. The zero-order chi connectivity index (χ0) is 11.1. The molecule has 0 saturated heterocycles. The van der Waals surface area contributed by atoms with Crippen molar-refractivity contribution >= 4 is 11.8 Å². The first kappa shape index (κ1) is 11.4. The topological polar surface area (TPSA) is 69.2 Å². The van der Waals surface area contributed by atoms with Crippen molar-refractivity contribution in [3.05, 3.63) is 35.9 Å². The maximum atomic E-state index is 11.5. The first-order valence-electron chi connectivity index (χ1n) is 4.69. The standard InChI is InChI=1S/C11H13NO3/c13-10(6-7-12-8-11(14)15)9-4-2-1-3-5-9/h1-5,12H,6-8H2,(H,14,15)/p-1. The first-order valence-corrected chi connectivity index (χ1v) is 4.69. The highest BCUT2D eigenvalue weighted by Crippen LogP contribution is 2.01. The van der Waals surface area contributed by atoms with Crippen LogP contribution in [0.5, 0.6) is 0 Å². The van der Waals surface area contributed by atoms with E-state index in [1.54, 1.807) is 24.3 Å². The Bertz CT molecular complexity index is 335. The number of hydrogen-bond donors (Lipinski definition) is 1. The first-order chi connectivity index (χ1) is 7.20. The molecule has 15 heavy (non-hydrogen) atoms. The van der Waals surface area contributed by atoms with E-state index in [1.165, 1.54) is 0 Å². The van der Waals surface area contributed by atoms with Gasteiger partial charge < -0.3 is 15.2 Å². The van der Waals surface area contributed by atoms with Gasteiger partial charge in [-0.2, -0.15) is 0 Å². The Morgan fingerprint density at radius 1 is 1.20 bits per heavy atom. The van der Waals surface area contributed by atoms with Crippen molar-refractivity contribution in [2.45, 2.75) is 6.42 Å². The predicted octanol–water partition coefficient (Wildman–Crippen LogP) is -0.401. The fraction of sp³-hybridized carbons (Fsp3) is 0.273. The molecule has 0 aromatic heterocycles. The molecule has 1 aromatic rings. The molecular formula is C11H12NO3-. The fourth-order valence-corrected chi connectivity index (χ4v) is 1.16. The van der Waals surface area contributed by atoms with Crippen molar-refractivity contribution in [2.75, 3.05) is 13.1 Å². The Hall–Kier alpha value is -1.68. The van der Waals surface area contributed by atoms with E-state index in [0.717, 1.165) is 0 Å². The Labute approximate surface area is 87.9 Å². The van der Waals surface area contributed by atoms with E-state index in [2.05, 4.69) is 5.32 Å². The van der Waals surface area contributed by atoms with Crippen LogP contribution >= 0.6 is 0 Å². The average Bonchev–Trinajstić information content (AvgIpc) is 2.25. The van der Waals surface area contributed by atoms with E-state index in [4.69, 9.17) is 0 Å². The number of Topliss-reactive ketones (excluding diaryl/α,β-unsaturated/α-hetero) is 1. The lowest BCUT2D eigenvalue weighted by Gasteiger charge is -2.04. The van der Waals surface area contributed by atoms with Gasteiger partial charge in [0.15, 0.2) is 5.78 Å². The third kappa shape index (κ3) is 4.37. The number of rotatable bonds is 6. The minimum atomic E-state index is -1.16. The molecule has 1 N–H and O–H groups in total. The summed E-state index contributed by atoms with van der Waals surface area (Å²) in [5.74, 6) is -1.16. The molecule has 1 aromatic carbocycles. The van der Waals surface area contributed by atoms with E-state index >= 15 is 0 Å². The second kappa shape index (κ2) is 5.93. The summed E-state index contributed by atoms with van der Waals surface area (Å²) in [6, 6.07) is 8.90. The average molecular weight is 206 g/mol. The van der Waals surface area contributed by atoms with E-state index in [1.807, 2.05) is 6.07 Å². The van der Waals surface area contributed by atoms with Gasteiger partial charge in [-0.15, -0.1) is 0 Å². The molecule has 0 aliphatic heterocycles. The number of carbonyl (C=O) groups is 2. The molecule has 4 heteroatoms. The SMILES string of the molecule is O=C([O-])CNCCC(=O)c1ccccc1. The van der Waals surface area contributed by atoms with Crippen LogP contribution in [0.1, 0.15) is 16.8 Å². The van der Waals surface area contributed by atoms with Crippen molar-refractivity contribution in [3.63, 3.8) is 0 Å². The maximum Gasteiger partial charge on any atom is 0.164 e. The highest BCUT2D eigenvalue weighted by molar-refractivity contribution is 5.96. The van der Waals surface area contributed by atoms with Gasteiger partial charge >= 0.3 is 0 Å². The summed E-state index contributed by atoms with van der Waals surface area (Å²) in [4.78, 5) is 21.5. The number of carboxylic acids is 1. The van der Waals surface area contributed by atoms with Crippen molar-refractivity contribution in [3.8, 4) is 0 Å². The number of benzene rings is 1. The van der Waals surface area contributed by atoms with Crippen LogP contribution in [0.25, 0.3) is 0 Å². The van der Waals surface area contributed by atoms with Gasteiger partial charge in [0, 0.05) is 25.1 Å². The second-order valence-corrected chi connectivity index (χ2v) is 3.09. The van der Waals surface area contributed by atoms with Gasteiger partial charge in [-0.1, -0.05) is 30.3 Å². The van der Waals surface area contributed by atoms with Crippen LogP contribution in [0.2, 0.25) is 0 Å². The number of ketones is 1. The number of hydrogen-bond acceptors (Lipinski definition) is 4. The lowest BCUT2D eigenvalue weighted by atomic mass is 10.1. The third-order valence-electron chi connectivity index (χ3n) is 1.89. The van der Waals surface area contributed by atoms with Crippen molar-refractivity contribution in [1.29, 1.82) is 0 Å². The van der Waals surface area contributed by atoms with Crippen LogP contribution in [0.4, 0.5) is 0 Å². The Balaban J connectivity index is 2.28. The van der Waals surface area contributed by atoms with Gasteiger partial charge in [0.2, 0.25) is 0 Å². The van der Waals surface area contributed by atoms with Crippen molar-refractivity contribution in [1.82, 2.24) is 5.32 Å². The van der Waals surface area contributed by atoms with Crippen molar-refractivity contribution < 1.29 is 14.7 Å². The zero-order valence-corrected chi connectivity index (χ0v) is 8.23. The van der Waals surface area contributed by atoms with Crippen LogP contribution in [0, 0.1) is 0 Å². The summed E-state index contributed by atoms with van der Waals surface area (Å²) in [7, 11) is 0. The number of nitrogens with one attached hydrogen (secondary N) is 1. The number of carbonyl (C=O) groups excluding carboxylic acids is 2. The monoisotopic (exact) mass is 206 g/mol. The third-order valence-corrected chi connectivity index (χ3v) is 1.89. The summed E-state index contributed by atoms with van der Waals surface area (Å²) in [6.07, 6.45) is 0.289. The second-order valence-electron chi connectivity index (χ2n) is 3.09. The highest BCUT2D eigenvalue weighted by atomic mass is 16.4. The molecule has 0 atom stereocenters. The summed E-state index contributed by atoms with van der Waals surface area (Å²) in [5.41, 5.74) is 0.646. The molecule has 0 radical (unpaired) electrons. The maximum absolute atomic E-state index is 11.5. The molecule has 0 aliphatic rings. The summed E-state index contributed by atoms with van der Waals surface area (Å²) < 4.78 is 0. The lowest BCUT2D eigenvalue weighted by molar-refractivity contribution is -0.304. The molecule has 80 valence electrons. The van der Waals surface area contributed by atoms with E-state index in [-0.39, 0.29) is 18.7 Å². The Morgan fingerprint density at radius 2 is 1.87 bits per heavy atom. The van der Waals surface area contributed by atoms with E-state index in [0.29, 0.717) is 12.1 Å². The molecule has 1 rings (SSSR count). The largest absolute Gasteiger partial charge is 0.549 e. The molecule has 0 heterocycles. The highest BCUT2D eigenvalue weighted by Gasteiger charge is 2.03. The summed E-state index contributed by atoms with van der Waals surface area (Å²) in [5, 5.41) is 12.7. The number of aliphatic carboxylic acids is 1. The smallest absolute Gasteiger partial charge is 0.164 e. The fourth-order valence-electron chi connectivity index (χ4n) is 1.16. The predicted molar refractivity (Wildman–Crippen MR) is 53.3 cm³/mol. The molecule has 0 aliphatic carbocycles. The molecule has 0 spiro atoms. The van der Waals surface area contributed by atoms with Crippen molar-refractivity contribution in [2.24, 2.45) is 0 Å². The minimum absolute atomic E-state index is 0.00134. The van der Waals surface area contributed by atoms with Gasteiger partial charge in [0.25, 0.3) is 0 Å². The minimum Gasteiger partial charge on any atom is -0.549 e. The summed E-state index contributed by atoms with van der Waals surface area (Å²) >= 11 is 0. The zero-order valence-electron chi connectivity index (χ0n) is 8.23. The van der Waals surface area contributed by atoms with Crippen LogP contribution in [0.15, 0.2) is 30.3 Å². The van der Waals surface area contributed by atoms with E-state index in [9.17, 15) is 14.7 Å². The van der Waals surface area contributed by atoms with Crippen LogP contribution < -0.4 is 10.4 Å². The molecule has 0 fully saturated rings.